The summed E-state index contributed by atoms with van der Waals surface area (Å²) in [5.74, 6) is 0.832. The molecule has 0 spiro atoms. The molecule has 1 amide bonds. The fraction of sp³-hybridized carbons (Fsp3) is 0.462. The summed E-state index contributed by atoms with van der Waals surface area (Å²) in [6.07, 6.45) is 0.482. The van der Waals surface area contributed by atoms with Gasteiger partial charge >= 0.3 is 0 Å². The highest BCUT2D eigenvalue weighted by Crippen LogP contribution is 2.23. The summed E-state index contributed by atoms with van der Waals surface area (Å²) in [6, 6.07) is 5.40. The van der Waals surface area contributed by atoms with Gasteiger partial charge in [0.1, 0.15) is 5.75 Å². The second-order valence-electron chi connectivity index (χ2n) is 4.06. The van der Waals surface area contributed by atoms with Gasteiger partial charge in [-0.3, -0.25) is 4.79 Å². The monoisotopic (exact) mass is 270 g/mol. The minimum absolute atomic E-state index is 0.0892. The highest BCUT2D eigenvalue weighted by Gasteiger charge is 2.11. The van der Waals surface area contributed by atoms with Crippen LogP contribution >= 0.6 is 11.6 Å². The van der Waals surface area contributed by atoms with E-state index in [9.17, 15) is 4.79 Å². The van der Waals surface area contributed by atoms with Crippen LogP contribution in [-0.2, 0) is 11.3 Å². The molecule has 5 heteroatoms. The lowest BCUT2D eigenvalue weighted by atomic mass is 10.2. The molecule has 0 unspecified atom stereocenters. The second-order valence-corrected chi connectivity index (χ2v) is 4.50. The second kappa shape index (κ2) is 7.24. The Kier molecular flexibility index (Phi) is 5.95. The quantitative estimate of drug-likeness (QED) is 0.859. The van der Waals surface area contributed by atoms with Gasteiger partial charge in [-0.15, -0.1) is 0 Å². The van der Waals surface area contributed by atoms with E-state index in [1.807, 2.05) is 19.2 Å². The van der Waals surface area contributed by atoms with Gasteiger partial charge in [-0.2, -0.15) is 0 Å². The summed E-state index contributed by atoms with van der Waals surface area (Å²) >= 11 is 5.95. The highest BCUT2D eigenvalue weighted by atomic mass is 35.5. The van der Waals surface area contributed by atoms with E-state index in [1.54, 1.807) is 25.1 Å². The topological polar surface area (TPSA) is 41.6 Å². The molecule has 0 radical (unpaired) electrons. The van der Waals surface area contributed by atoms with E-state index in [1.165, 1.54) is 0 Å². The number of rotatable bonds is 6. The fourth-order valence-electron chi connectivity index (χ4n) is 1.64. The summed E-state index contributed by atoms with van der Waals surface area (Å²) in [6.45, 7) is 1.17. The van der Waals surface area contributed by atoms with Gasteiger partial charge in [-0.1, -0.05) is 11.6 Å². The molecule has 0 aromatic heterocycles. The Morgan fingerprint density at radius 3 is 2.83 bits per heavy atom. The Morgan fingerprint density at radius 1 is 1.50 bits per heavy atom. The van der Waals surface area contributed by atoms with E-state index in [4.69, 9.17) is 16.3 Å². The predicted octanol–water partition coefficient (Wildman–Crippen LogP) is 1.92. The molecular weight excluding hydrogens is 252 g/mol. The van der Waals surface area contributed by atoms with Crippen molar-refractivity contribution < 1.29 is 9.53 Å². The lowest BCUT2D eigenvalue weighted by Crippen LogP contribution is -2.28. The average molecular weight is 271 g/mol. The number of benzene rings is 1. The van der Waals surface area contributed by atoms with E-state index >= 15 is 0 Å². The first-order valence-electron chi connectivity index (χ1n) is 5.79. The zero-order chi connectivity index (χ0) is 13.5. The number of carbonyl (C=O) groups is 1. The summed E-state index contributed by atoms with van der Waals surface area (Å²) in [5.41, 5.74) is 0.908. The predicted molar refractivity (Wildman–Crippen MR) is 73.0 cm³/mol. The van der Waals surface area contributed by atoms with E-state index in [0.717, 1.165) is 11.3 Å². The van der Waals surface area contributed by atoms with Gasteiger partial charge in [-0.05, 0) is 25.2 Å². The van der Waals surface area contributed by atoms with Crippen molar-refractivity contribution in [3.8, 4) is 5.75 Å². The SMILES string of the molecule is CNCCC(=O)N(C)Cc1cc(Cl)ccc1OC. The molecule has 0 heterocycles. The van der Waals surface area contributed by atoms with E-state index in [2.05, 4.69) is 5.32 Å². The van der Waals surface area contributed by atoms with E-state index < -0.39 is 0 Å². The molecule has 1 rings (SSSR count). The molecule has 4 nitrogen and oxygen atoms in total. The number of halogens is 1. The van der Waals surface area contributed by atoms with Crippen molar-refractivity contribution >= 4 is 17.5 Å². The Balaban J connectivity index is 2.71. The molecule has 1 aromatic rings. The molecule has 0 fully saturated rings. The van der Waals surface area contributed by atoms with Crippen molar-refractivity contribution in [3.05, 3.63) is 28.8 Å². The van der Waals surface area contributed by atoms with Gasteiger partial charge < -0.3 is 15.0 Å². The largest absolute Gasteiger partial charge is 0.496 e. The van der Waals surface area contributed by atoms with E-state index in [0.29, 0.717) is 24.5 Å². The summed E-state index contributed by atoms with van der Waals surface area (Å²) in [5, 5.41) is 3.60. The van der Waals surface area contributed by atoms with Crippen LogP contribution in [0, 0.1) is 0 Å². The molecule has 0 bridgehead atoms. The maximum Gasteiger partial charge on any atom is 0.223 e. The van der Waals surface area contributed by atoms with E-state index in [-0.39, 0.29) is 5.91 Å². The van der Waals surface area contributed by atoms with Crippen LogP contribution in [0.25, 0.3) is 0 Å². The molecule has 0 atom stereocenters. The third-order valence-corrected chi connectivity index (χ3v) is 2.90. The molecule has 100 valence electrons. The number of nitrogens with zero attached hydrogens (tertiary/aromatic N) is 1. The van der Waals surface area contributed by atoms with Crippen molar-refractivity contribution in [3.63, 3.8) is 0 Å². The first-order valence-corrected chi connectivity index (χ1v) is 6.17. The van der Waals surface area contributed by atoms with Crippen LogP contribution < -0.4 is 10.1 Å². The van der Waals surface area contributed by atoms with Crippen molar-refractivity contribution in [2.45, 2.75) is 13.0 Å². The Hall–Kier alpha value is -1.26. The van der Waals surface area contributed by atoms with Gasteiger partial charge in [0.2, 0.25) is 5.91 Å². The van der Waals surface area contributed by atoms with Gasteiger partial charge in [0.05, 0.1) is 7.11 Å². The summed E-state index contributed by atoms with van der Waals surface area (Å²) < 4.78 is 5.25. The number of hydrogen-bond acceptors (Lipinski definition) is 3. The zero-order valence-corrected chi connectivity index (χ0v) is 11.8. The van der Waals surface area contributed by atoms with Crippen LogP contribution in [0.5, 0.6) is 5.75 Å². The number of amides is 1. The first kappa shape index (κ1) is 14.8. The Morgan fingerprint density at radius 2 is 2.22 bits per heavy atom. The Labute approximate surface area is 113 Å². The minimum Gasteiger partial charge on any atom is -0.496 e. The highest BCUT2D eigenvalue weighted by molar-refractivity contribution is 6.30. The van der Waals surface area contributed by atoms with Crippen LogP contribution in [-0.4, -0.2) is 38.6 Å². The van der Waals surface area contributed by atoms with Crippen LogP contribution in [0.15, 0.2) is 18.2 Å². The third kappa shape index (κ3) is 4.20. The number of methoxy groups -OCH3 is 1. The number of ether oxygens (including phenoxy) is 1. The molecule has 1 aromatic carbocycles. The van der Waals surface area contributed by atoms with Gasteiger partial charge in [0.25, 0.3) is 0 Å². The van der Waals surface area contributed by atoms with Crippen LogP contribution in [0.1, 0.15) is 12.0 Å². The maximum absolute atomic E-state index is 11.8. The number of carbonyl (C=O) groups excluding carboxylic acids is 1. The normalized spacial score (nSPS) is 10.2. The lowest BCUT2D eigenvalue weighted by molar-refractivity contribution is -0.130. The maximum atomic E-state index is 11.8. The third-order valence-electron chi connectivity index (χ3n) is 2.66. The zero-order valence-electron chi connectivity index (χ0n) is 11.0. The van der Waals surface area contributed by atoms with Crippen LogP contribution in [0.3, 0.4) is 0 Å². The van der Waals surface area contributed by atoms with Crippen molar-refractivity contribution in [1.82, 2.24) is 10.2 Å². The minimum atomic E-state index is 0.0892. The molecule has 18 heavy (non-hydrogen) atoms. The van der Waals surface area contributed by atoms with Crippen LogP contribution in [0.2, 0.25) is 5.02 Å². The number of nitrogens with one attached hydrogen (secondary N) is 1. The smallest absolute Gasteiger partial charge is 0.223 e. The van der Waals surface area contributed by atoms with Crippen molar-refractivity contribution in [1.29, 1.82) is 0 Å². The number of hydrogen-bond donors (Lipinski definition) is 1. The molecule has 0 saturated carbocycles. The molecule has 0 aliphatic carbocycles. The van der Waals surface area contributed by atoms with Gasteiger partial charge in [0, 0.05) is 37.1 Å². The van der Waals surface area contributed by atoms with Crippen molar-refractivity contribution in [2.24, 2.45) is 0 Å². The van der Waals surface area contributed by atoms with Crippen molar-refractivity contribution in [2.75, 3.05) is 27.7 Å². The lowest BCUT2D eigenvalue weighted by Gasteiger charge is -2.19. The summed E-state index contributed by atoms with van der Waals surface area (Å²) in [4.78, 5) is 13.5. The van der Waals surface area contributed by atoms with Gasteiger partial charge in [-0.25, -0.2) is 0 Å². The standard InChI is InChI=1S/C13H19ClN2O2/c1-15-7-6-13(17)16(2)9-10-8-11(14)4-5-12(10)18-3/h4-5,8,15H,6-7,9H2,1-3H3. The fourth-order valence-corrected chi connectivity index (χ4v) is 1.83. The molecule has 1 N–H and O–H groups in total. The molecular formula is C13H19ClN2O2. The molecule has 0 saturated heterocycles. The first-order chi connectivity index (χ1) is 8.58. The molecule has 0 aliphatic rings. The summed E-state index contributed by atoms with van der Waals surface area (Å²) in [7, 11) is 5.21. The molecule has 0 aliphatic heterocycles. The van der Waals surface area contributed by atoms with Gasteiger partial charge in [0.15, 0.2) is 0 Å². The Bertz CT molecular complexity index is 410. The average Bonchev–Trinajstić information content (AvgIpc) is 2.36. The van der Waals surface area contributed by atoms with Crippen LogP contribution in [0.4, 0.5) is 0 Å².